The molecular weight excluding hydrogens is 794 g/mol. The molecule has 0 radical (unpaired) electrons. The zero-order valence-corrected chi connectivity index (χ0v) is 23.6. The van der Waals surface area contributed by atoms with E-state index < -0.39 is 76.2 Å². The summed E-state index contributed by atoms with van der Waals surface area (Å²) in [4.78, 5) is 0. The standard InChI is InChI=1S/C21H22F21IO/c22-12(23,10-11(43)8-6-4-2-1-3-5-7-9-44)13(24,25)14(26,27)15(28,29)16(30,31)17(32,33)18(34,35)19(36,37)20(38,39)21(40,41)42/h11,44H,1-10H2. The van der Waals surface area contributed by atoms with Crippen molar-refractivity contribution in [3.8, 4) is 0 Å². The molecule has 0 saturated heterocycles. The molecule has 0 heterocycles. The molecular formula is C21H22F21IO. The van der Waals surface area contributed by atoms with Crippen LogP contribution in [0.5, 0.6) is 0 Å². The highest BCUT2D eigenvalue weighted by Gasteiger charge is 2.97. The number of rotatable bonds is 19. The third-order valence-electron chi connectivity index (χ3n) is 6.23. The van der Waals surface area contributed by atoms with Gasteiger partial charge in [0.05, 0.1) is 0 Å². The number of hydrogen-bond donors (Lipinski definition) is 1. The van der Waals surface area contributed by atoms with Gasteiger partial charge < -0.3 is 5.11 Å². The Kier molecular flexibility index (Phi) is 13.5. The minimum Gasteiger partial charge on any atom is -0.396 e. The van der Waals surface area contributed by atoms with E-state index in [1.54, 1.807) is 0 Å². The predicted octanol–water partition coefficient (Wildman–Crippen LogP) is 10.6. The second kappa shape index (κ2) is 13.8. The van der Waals surface area contributed by atoms with Crippen molar-refractivity contribution in [3.05, 3.63) is 0 Å². The highest BCUT2D eigenvalue weighted by Crippen LogP contribution is 2.66. The van der Waals surface area contributed by atoms with Gasteiger partial charge in [0.25, 0.3) is 0 Å². The first-order chi connectivity index (χ1) is 19.2. The summed E-state index contributed by atoms with van der Waals surface area (Å²) in [5, 5.41) is 8.61. The molecule has 1 N–H and O–H groups in total. The molecule has 0 spiro atoms. The molecule has 0 rings (SSSR count). The molecule has 1 unspecified atom stereocenters. The third-order valence-corrected chi connectivity index (χ3v) is 7.29. The Morgan fingerprint density at radius 1 is 0.386 bits per heavy atom. The van der Waals surface area contributed by atoms with E-state index in [9.17, 15) is 92.2 Å². The van der Waals surface area contributed by atoms with Crippen molar-refractivity contribution in [1.29, 1.82) is 0 Å². The monoisotopic (exact) mass is 816 g/mol. The van der Waals surface area contributed by atoms with Crippen LogP contribution in [0, 0.1) is 0 Å². The van der Waals surface area contributed by atoms with Crippen molar-refractivity contribution in [3.63, 3.8) is 0 Å². The molecule has 0 aliphatic heterocycles. The van der Waals surface area contributed by atoms with Crippen LogP contribution in [0.4, 0.5) is 92.2 Å². The Morgan fingerprint density at radius 3 is 0.977 bits per heavy atom. The smallest absolute Gasteiger partial charge is 0.396 e. The lowest BCUT2D eigenvalue weighted by atomic mass is 9.85. The molecule has 0 aromatic heterocycles. The van der Waals surface area contributed by atoms with Crippen molar-refractivity contribution < 1.29 is 97.3 Å². The lowest BCUT2D eigenvalue weighted by molar-refractivity contribution is -0.474. The zero-order valence-electron chi connectivity index (χ0n) is 21.4. The predicted molar refractivity (Wildman–Crippen MR) is 117 cm³/mol. The summed E-state index contributed by atoms with van der Waals surface area (Å²) in [6.07, 6.45) is -8.33. The van der Waals surface area contributed by atoms with Crippen LogP contribution >= 0.6 is 22.6 Å². The summed E-state index contributed by atoms with van der Waals surface area (Å²) in [6, 6.07) is 0. The summed E-state index contributed by atoms with van der Waals surface area (Å²) in [5.41, 5.74) is 0. The van der Waals surface area contributed by atoms with Crippen LogP contribution in [-0.4, -0.2) is 75.1 Å². The van der Waals surface area contributed by atoms with Crippen LogP contribution < -0.4 is 0 Å². The maximum Gasteiger partial charge on any atom is 0.460 e. The number of alkyl halides is 22. The topological polar surface area (TPSA) is 20.2 Å². The SMILES string of the molecule is OCCCCCCCCCC(I)CC(F)(F)C(F)(F)C(F)(F)C(F)(F)C(F)(F)C(F)(F)C(F)(F)C(F)(F)C(F)(F)C(F)(F)F. The Morgan fingerprint density at radius 2 is 0.659 bits per heavy atom. The van der Waals surface area contributed by atoms with E-state index >= 15 is 0 Å². The number of aliphatic hydroxyl groups is 1. The van der Waals surface area contributed by atoms with E-state index in [2.05, 4.69) is 0 Å². The van der Waals surface area contributed by atoms with Gasteiger partial charge in [-0.15, -0.1) is 0 Å². The molecule has 0 aliphatic rings. The Hall–Kier alpha value is -0.780. The number of unbranched alkanes of at least 4 members (excludes halogenated alkanes) is 6. The average molecular weight is 816 g/mol. The van der Waals surface area contributed by atoms with Crippen LogP contribution in [0.2, 0.25) is 0 Å². The van der Waals surface area contributed by atoms with Gasteiger partial charge in [0.2, 0.25) is 0 Å². The van der Waals surface area contributed by atoms with Crippen molar-refractivity contribution in [1.82, 2.24) is 0 Å². The van der Waals surface area contributed by atoms with Crippen molar-refractivity contribution in [2.45, 2.75) is 121 Å². The molecule has 1 atom stereocenters. The number of hydrogen-bond acceptors (Lipinski definition) is 1. The van der Waals surface area contributed by atoms with Crippen LogP contribution in [0.1, 0.15) is 57.8 Å². The minimum atomic E-state index is -9.15. The number of aliphatic hydroxyl groups excluding tert-OH is 1. The maximum absolute atomic E-state index is 14.1. The van der Waals surface area contributed by atoms with E-state index in [0.29, 0.717) is 32.1 Å². The second-order valence-corrected chi connectivity index (χ2v) is 11.3. The van der Waals surface area contributed by atoms with Crippen LogP contribution in [0.3, 0.4) is 0 Å². The van der Waals surface area contributed by atoms with Crippen molar-refractivity contribution in [2.75, 3.05) is 6.61 Å². The first-order valence-electron chi connectivity index (χ1n) is 11.9. The van der Waals surface area contributed by atoms with Gasteiger partial charge in [0, 0.05) is 17.0 Å². The highest BCUT2D eigenvalue weighted by molar-refractivity contribution is 14.1. The summed E-state index contributed by atoms with van der Waals surface area (Å²) in [5.74, 6) is -76.5. The molecule has 0 fully saturated rings. The van der Waals surface area contributed by atoms with Crippen molar-refractivity contribution in [2.24, 2.45) is 0 Å². The summed E-state index contributed by atoms with van der Waals surface area (Å²) in [7, 11) is 0. The molecule has 1 nitrogen and oxygen atoms in total. The average Bonchev–Trinajstić information content (AvgIpc) is 2.83. The Balaban J connectivity index is 6.22. The summed E-state index contributed by atoms with van der Waals surface area (Å²) >= 11 is 0.910. The normalized spacial score (nSPS) is 16.4. The molecule has 0 aliphatic carbocycles. The van der Waals surface area contributed by atoms with Gasteiger partial charge in [-0.2, -0.15) is 92.2 Å². The van der Waals surface area contributed by atoms with Gasteiger partial charge in [-0.25, -0.2) is 0 Å². The van der Waals surface area contributed by atoms with Gasteiger partial charge in [-0.05, 0) is 12.8 Å². The van der Waals surface area contributed by atoms with Gasteiger partial charge in [-0.1, -0.05) is 61.1 Å². The fourth-order valence-corrected chi connectivity index (χ4v) is 4.45. The fraction of sp³-hybridized carbons (Fsp3) is 1.00. The van der Waals surface area contributed by atoms with Crippen molar-refractivity contribution >= 4 is 22.6 Å². The molecule has 0 saturated carbocycles. The molecule has 23 heteroatoms. The molecule has 44 heavy (non-hydrogen) atoms. The minimum absolute atomic E-state index is 0.0854. The number of halogens is 22. The van der Waals surface area contributed by atoms with E-state index in [-0.39, 0.29) is 19.4 Å². The molecule has 266 valence electrons. The highest BCUT2D eigenvalue weighted by atomic mass is 127. The van der Waals surface area contributed by atoms with E-state index in [0.717, 1.165) is 22.6 Å². The molecule has 0 aromatic carbocycles. The van der Waals surface area contributed by atoms with Gasteiger partial charge in [0.1, 0.15) is 0 Å². The summed E-state index contributed by atoms with van der Waals surface area (Å²) in [6.45, 7) is -0.0936. The van der Waals surface area contributed by atoms with Gasteiger partial charge in [0.15, 0.2) is 0 Å². The van der Waals surface area contributed by atoms with Crippen LogP contribution in [0.25, 0.3) is 0 Å². The largest absolute Gasteiger partial charge is 0.460 e. The molecule has 0 aromatic rings. The molecule has 0 bridgehead atoms. The first-order valence-corrected chi connectivity index (χ1v) is 13.2. The lowest BCUT2D eigenvalue weighted by Crippen LogP contribution is -2.76. The lowest BCUT2D eigenvalue weighted by Gasteiger charge is -2.44. The maximum atomic E-state index is 14.1. The van der Waals surface area contributed by atoms with Crippen LogP contribution in [0.15, 0.2) is 0 Å². The Labute approximate surface area is 248 Å². The third kappa shape index (κ3) is 7.35. The first kappa shape index (κ1) is 43.2. The summed E-state index contributed by atoms with van der Waals surface area (Å²) < 4.78 is 280. The molecule has 0 amide bonds. The zero-order chi connectivity index (χ0) is 35.6. The second-order valence-electron chi connectivity index (χ2n) is 9.59. The van der Waals surface area contributed by atoms with E-state index in [1.807, 2.05) is 0 Å². The van der Waals surface area contributed by atoms with Gasteiger partial charge >= 0.3 is 59.5 Å². The van der Waals surface area contributed by atoms with Crippen LogP contribution in [-0.2, 0) is 0 Å². The van der Waals surface area contributed by atoms with E-state index in [4.69, 9.17) is 5.11 Å². The quantitative estimate of drug-likeness (QED) is 0.0596. The Bertz CT molecular complexity index is 914. The van der Waals surface area contributed by atoms with E-state index in [1.165, 1.54) is 0 Å². The fourth-order valence-electron chi connectivity index (χ4n) is 3.46. The van der Waals surface area contributed by atoms with Gasteiger partial charge in [-0.3, -0.25) is 0 Å².